The van der Waals surface area contributed by atoms with Gasteiger partial charge in [0.05, 0.1) is 30.7 Å². The zero-order valence-electron chi connectivity index (χ0n) is 16.7. The van der Waals surface area contributed by atoms with Crippen molar-refractivity contribution in [3.8, 4) is 11.5 Å². The molecule has 1 aliphatic heterocycles. The fourth-order valence-corrected chi connectivity index (χ4v) is 4.01. The van der Waals surface area contributed by atoms with Crippen molar-refractivity contribution in [1.29, 1.82) is 0 Å². The summed E-state index contributed by atoms with van der Waals surface area (Å²) < 4.78 is 16.3. The molecule has 0 bridgehead atoms. The Labute approximate surface area is 189 Å². The Balaban J connectivity index is 1.54. The van der Waals surface area contributed by atoms with Crippen LogP contribution < -0.4 is 14.4 Å². The van der Waals surface area contributed by atoms with E-state index in [9.17, 15) is 4.79 Å². The Morgan fingerprint density at radius 1 is 1.16 bits per heavy atom. The van der Waals surface area contributed by atoms with Crippen molar-refractivity contribution in [3.05, 3.63) is 83.4 Å². The average molecular weight is 455 g/mol. The second-order valence-electron chi connectivity index (χ2n) is 6.41. The summed E-state index contributed by atoms with van der Waals surface area (Å²) >= 11 is 7.72. The quantitative estimate of drug-likeness (QED) is 0.348. The molecule has 3 aromatic rings. The molecule has 0 saturated carbocycles. The van der Waals surface area contributed by atoms with Crippen molar-refractivity contribution in [2.45, 2.75) is 0 Å². The molecule has 1 aliphatic rings. The predicted molar refractivity (Wildman–Crippen MR) is 124 cm³/mol. The number of amides is 1. The summed E-state index contributed by atoms with van der Waals surface area (Å²) in [5.74, 6) is 2.23. The van der Waals surface area contributed by atoms with Crippen LogP contribution in [0.25, 0.3) is 6.08 Å². The second kappa shape index (κ2) is 9.76. The summed E-state index contributed by atoms with van der Waals surface area (Å²) in [5.41, 5.74) is 0.891. The number of rotatable bonds is 7. The maximum absolute atomic E-state index is 13.1. The number of halogens is 1. The monoisotopic (exact) mass is 454 g/mol. The number of benzene rings is 2. The Morgan fingerprint density at radius 2 is 2.00 bits per heavy atom. The number of methoxy groups -OCH3 is 1. The van der Waals surface area contributed by atoms with Gasteiger partial charge in [-0.3, -0.25) is 9.69 Å². The fourth-order valence-electron chi connectivity index (χ4n) is 2.93. The third-order valence-corrected chi connectivity index (χ3v) is 5.57. The molecular formula is C23H19ClN2O4S. The highest BCUT2D eigenvalue weighted by atomic mass is 35.5. The topological polar surface area (TPSA) is 64.3 Å². The standard InChI is InChI=1S/C23H19ClN2O4S/c1-28-21-10-9-16(14-19(21)24)26-22(27)20(15-18-8-5-11-29-18)25-23(26)31-13-12-30-17-6-3-2-4-7-17/h2-11,14-15H,12-13H2,1H3. The molecule has 158 valence electrons. The molecule has 0 fully saturated rings. The van der Waals surface area contributed by atoms with Crippen molar-refractivity contribution in [2.24, 2.45) is 4.99 Å². The predicted octanol–water partition coefficient (Wildman–Crippen LogP) is 5.50. The summed E-state index contributed by atoms with van der Waals surface area (Å²) in [7, 11) is 1.54. The van der Waals surface area contributed by atoms with E-state index in [-0.39, 0.29) is 11.6 Å². The minimum atomic E-state index is -0.260. The second-order valence-corrected chi connectivity index (χ2v) is 7.88. The number of nitrogens with zero attached hydrogens (tertiary/aromatic N) is 2. The van der Waals surface area contributed by atoms with E-state index in [4.69, 9.17) is 25.5 Å². The van der Waals surface area contributed by atoms with Crippen LogP contribution in [0.15, 0.2) is 82.0 Å². The average Bonchev–Trinajstić information content (AvgIpc) is 3.40. The molecule has 6 nitrogen and oxygen atoms in total. The van der Waals surface area contributed by atoms with Crippen LogP contribution >= 0.6 is 23.4 Å². The van der Waals surface area contributed by atoms with Crippen LogP contribution in [0.1, 0.15) is 5.76 Å². The highest BCUT2D eigenvalue weighted by Crippen LogP contribution is 2.34. The Bertz CT molecular complexity index is 1110. The SMILES string of the molecule is COc1ccc(N2C(=O)C(=Cc3ccco3)N=C2SCCOc2ccccc2)cc1Cl. The van der Waals surface area contributed by atoms with Gasteiger partial charge >= 0.3 is 0 Å². The fraction of sp³-hybridized carbons (Fsp3) is 0.130. The molecular weight excluding hydrogens is 436 g/mol. The zero-order valence-corrected chi connectivity index (χ0v) is 18.2. The van der Waals surface area contributed by atoms with Gasteiger partial charge in [-0.15, -0.1) is 0 Å². The third kappa shape index (κ3) is 4.95. The number of aliphatic imine (C=N–C) groups is 1. The van der Waals surface area contributed by atoms with E-state index in [1.807, 2.05) is 30.3 Å². The molecule has 0 saturated heterocycles. The van der Waals surface area contributed by atoms with Crippen molar-refractivity contribution >= 4 is 46.2 Å². The molecule has 4 rings (SSSR count). The van der Waals surface area contributed by atoms with E-state index < -0.39 is 0 Å². The van der Waals surface area contributed by atoms with Gasteiger partial charge in [0.15, 0.2) is 5.17 Å². The van der Waals surface area contributed by atoms with Gasteiger partial charge in [-0.05, 0) is 42.5 Å². The summed E-state index contributed by atoms with van der Waals surface area (Å²) in [6, 6.07) is 18.3. The maximum atomic E-state index is 13.1. The van der Waals surface area contributed by atoms with E-state index in [0.717, 1.165) is 5.75 Å². The first kappa shape index (κ1) is 21.1. The number of hydrogen-bond acceptors (Lipinski definition) is 6. The van der Waals surface area contributed by atoms with Gasteiger partial charge in [0.1, 0.15) is 23.0 Å². The van der Waals surface area contributed by atoms with E-state index >= 15 is 0 Å². The first-order chi connectivity index (χ1) is 15.2. The number of carbonyl (C=O) groups excluding carboxylic acids is 1. The molecule has 8 heteroatoms. The van der Waals surface area contributed by atoms with Crippen LogP contribution in [-0.4, -0.2) is 30.5 Å². The van der Waals surface area contributed by atoms with Gasteiger partial charge in [-0.1, -0.05) is 41.6 Å². The van der Waals surface area contributed by atoms with E-state index in [0.29, 0.717) is 39.7 Å². The Kier molecular flexibility index (Phi) is 6.64. The summed E-state index contributed by atoms with van der Waals surface area (Å²) in [6.45, 7) is 0.469. The van der Waals surface area contributed by atoms with Gasteiger partial charge in [0.2, 0.25) is 0 Å². The van der Waals surface area contributed by atoms with Crippen LogP contribution in [0.3, 0.4) is 0 Å². The molecule has 0 aliphatic carbocycles. The van der Waals surface area contributed by atoms with Gasteiger partial charge < -0.3 is 13.9 Å². The van der Waals surface area contributed by atoms with Crippen LogP contribution in [0.2, 0.25) is 5.02 Å². The molecule has 0 unspecified atom stereocenters. The highest BCUT2D eigenvalue weighted by molar-refractivity contribution is 8.14. The van der Waals surface area contributed by atoms with Crippen molar-refractivity contribution in [2.75, 3.05) is 24.4 Å². The molecule has 0 atom stereocenters. The Morgan fingerprint density at radius 3 is 2.71 bits per heavy atom. The number of hydrogen-bond donors (Lipinski definition) is 0. The number of carbonyl (C=O) groups is 1. The van der Waals surface area contributed by atoms with Crippen molar-refractivity contribution in [1.82, 2.24) is 0 Å². The lowest BCUT2D eigenvalue weighted by molar-refractivity contribution is -0.113. The smallest absolute Gasteiger partial charge is 0.283 e. The van der Waals surface area contributed by atoms with E-state index in [2.05, 4.69) is 4.99 Å². The molecule has 0 spiro atoms. The third-order valence-electron chi connectivity index (χ3n) is 4.37. The lowest BCUT2D eigenvalue weighted by Gasteiger charge is -2.18. The molecule has 0 N–H and O–H groups in total. The molecule has 31 heavy (non-hydrogen) atoms. The van der Waals surface area contributed by atoms with Gasteiger partial charge in [-0.25, -0.2) is 4.99 Å². The molecule has 2 aromatic carbocycles. The normalized spacial score (nSPS) is 14.8. The molecule has 2 heterocycles. The van der Waals surface area contributed by atoms with Gasteiger partial charge in [-0.2, -0.15) is 0 Å². The van der Waals surface area contributed by atoms with Crippen LogP contribution in [0.5, 0.6) is 11.5 Å². The first-order valence-corrected chi connectivity index (χ1v) is 10.8. The number of para-hydroxylation sites is 1. The van der Waals surface area contributed by atoms with E-state index in [1.54, 1.807) is 49.8 Å². The molecule has 0 radical (unpaired) electrons. The number of furan rings is 1. The number of ether oxygens (including phenoxy) is 2. The van der Waals surface area contributed by atoms with Crippen molar-refractivity contribution < 1.29 is 18.7 Å². The zero-order chi connectivity index (χ0) is 21.6. The molecule has 1 amide bonds. The van der Waals surface area contributed by atoms with E-state index in [1.165, 1.54) is 16.7 Å². The van der Waals surface area contributed by atoms with Gasteiger partial charge in [0, 0.05) is 11.8 Å². The summed E-state index contributed by atoms with van der Waals surface area (Å²) in [4.78, 5) is 19.2. The number of anilines is 1. The lowest BCUT2D eigenvalue weighted by atomic mass is 10.2. The lowest BCUT2D eigenvalue weighted by Crippen LogP contribution is -2.30. The largest absolute Gasteiger partial charge is 0.495 e. The summed E-state index contributed by atoms with van der Waals surface area (Å²) in [5, 5.41) is 0.953. The summed E-state index contributed by atoms with van der Waals surface area (Å²) in [6.07, 6.45) is 3.17. The van der Waals surface area contributed by atoms with Crippen LogP contribution in [-0.2, 0) is 4.79 Å². The minimum absolute atomic E-state index is 0.260. The highest BCUT2D eigenvalue weighted by Gasteiger charge is 2.32. The minimum Gasteiger partial charge on any atom is -0.495 e. The first-order valence-electron chi connectivity index (χ1n) is 9.48. The van der Waals surface area contributed by atoms with Crippen LogP contribution in [0.4, 0.5) is 5.69 Å². The van der Waals surface area contributed by atoms with Crippen LogP contribution in [0, 0.1) is 0 Å². The maximum Gasteiger partial charge on any atom is 0.283 e. The van der Waals surface area contributed by atoms with Crippen molar-refractivity contribution in [3.63, 3.8) is 0 Å². The molecule has 1 aromatic heterocycles. The number of thioether (sulfide) groups is 1. The number of amidine groups is 1. The Hall–Kier alpha value is -3.16. The van der Waals surface area contributed by atoms with Gasteiger partial charge in [0.25, 0.3) is 5.91 Å².